The number of rotatable bonds is 7. The molecule has 1 rings (SSSR count). The molecule has 1 aromatic carbocycles. The van der Waals surface area contributed by atoms with Gasteiger partial charge in [0.1, 0.15) is 3.23 Å². The van der Waals surface area contributed by atoms with Gasteiger partial charge in [0.15, 0.2) is 0 Å². The second kappa shape index (κ2) is 7.03. The second-order valence-corrected chi connectivity index (χ2v) is 9.51. The highest BCUT2D eigenvalue weighted by molar-refractivity contribution is 9.24. The van der Waals surface area contributed by atoms with Gasteiger partial charge in [0.2, 0.25) is 0 Å². The summed E-state index contributed by atoms with van der Waals surface area (Å²) in [7, 11) is -3.82. The Balaban J connectivity index is 2.35. The normalized spacial score (nSPS) is 12.6. The van der Waals surface area contributed by atoms with E-state index in [0.717, 1.165) is 24.8 Å². The zero-order valence-electron chi connectivity index (χ0n) is 9.85. The predicted octanol–water partition coefficient (Wildman–Crippen LogP) is 4.08. The van der Waals surface area contributed by atoms with Gasteiger partial charge in [-0.1, -0.05) is 75.0 Å². The first-order valence-corrected chi connectivity index (χ1v) is 8.89. The SMILES string of the molecule is O=S(=O)(O)CCCCCC(Br)(Br)c1ccccc1. The number of halogens is 2. The van der Waals surface area contributed by atoms with E-state index in [1.54, 1.807) is 0 Å². The van der Waals surface area contributed by atoms with E-state index in [2.05, 4.69) is 31.9 Å². The number of hydrogen-bond acceptors (Lipinski definition) is 2. The lowest BCUT2D eigenvalue weighted by Crippen LogP contribution is -2.09. The van der Waals surface area contributed by atoms with Crippen LogP contribution >= 0.6 is 31.9 Å². The molecule has 102 valence electrons. The fourth-order valence-electron chi connectivity index (χ4n) is 1.63. The van der Waals surface area contributed by atoms with Crippen LogP contribution < -0.4 is 0 Å². The molecule has 0 aliphatic rings. The third-order valence-corrected chi connectivity index (χ3v) is 5.10. The van der Waals surface area contributed by atoms with Crippen molar-refractivity contribution >= 4 is 42.0 Å². The van der Waals surface area contributed by atoms with Gasteiger partial charge in [-0.3, -0.25) is 4.55 Å². The van der Waals surface area contributed by atoms with Crippen molar-refractivity contribution in [2.24, 2.45) is 0 Å². The summed E-state index contributed by atoms with van der Waals surface area (Å²) in [5.41, 5.74) is 1.14. The molecule has 1 N–H and O–H groups in total. The Labute approximate surface area is 125 Å². The molecule has 0 amide bonds. The van der Waals surface area contributed by atoms with Crippen LogP contribution in [0.4, 0.5) is 0 Å². The highest BCUT2D eigenvalue weighted by atomic mass is 79.9. The summed E-state index contributed by atoms with van der Waals surface area (Å²) < 4.78 is 29.4. The van der Waals surface area contributed by atoms with Gasteiger partial charge in [0, 0.05) is 0 Å². The molecule has 18 heavy (non-hydrogen) atoms. The lowest BCUT2D eigenvalue weighted by molar-refractivity contribution is 0.479. The molecule has 0 saturated heterocycles. The molecule has 0 saturated carbocycles. The Kier molecular flexibility index (Phi) is 6.30. The van der Waals surface area contributed by atoms with Gasteiger partial charge in [0.05, 0.1) is 5.75 Å². The van der Waals surface area contributed by atoms with Crippen molar-refractivity contribution in [1.29, 1.82) is 0 Å². The summed E-state index contributed by atoms with van der Waals surface area (Å²) in [4.78, 5) is 0. The molecular formula is C12H16Br2O3S. The molecular weight excluding hydrogens is 384 g/mol. The van der Waals surface area contributed by atoms with Gasteiger partial charge >= 0.3 is 0 Å². The van der Waals surface area contributed by atoms with Crippen molar-refractivity contribution in [3.8, 4) is 0 Å². The fourth-order valence-corrected chi connectivity index (χ4v) is 3.29. The highest BCUT2D eigenvalue weighted by Gasteiger charge is 2.24. The summed E-state index contributed by atoms with van der Waals surface area (Å²) in [6.45, 7) is 0. The molecule has 0 radical (unpaired) electrons. The largest absolute Gasteiger partial charge is 0.286 e. The third-order valence-electron chi connectivity index (χ3n) is 2.59. The molecule has 1 aromatic rings. The van der Waals surface area contributed by atoms with Crippen molar-refractivity contribution < 1.29 is 13.0 Å². The summed E-state index contributed by atoms with van der Waals surface area (Å²) in [5.74, 6) is -0.157. The number of alkyl halides is 2. The van der Waals surface area contributed by atoms with E-state index in [9.17, 15) is 8.42 Å². The molecule has 6 heteroatoms. The zero-order valence-corrected chi connectivity index (χ0v) is 13.8. The quantitative estimate of drug-likeness (QED) is 0.427. The number of hydrogen-bond donors (Lipinski definition) is 1. The molecule has 3 nitrogen and oxygen atoms in total. The van der Waals surface area contributed by atoms with E-state index in [1.807, 2.05) is 30.3 Å². The van der Waals surface area contributed by atoms with Crippen molar-refractivity contribution in [1.82, 2.24) is 0 Å². The fraction of sp³-hybridized carbons (Fsp3) is 0.500. The van der Waals surface area contributed by atoms with Crippen LogP contribution in [-0.4, -0.2) is 18.7 Å². The van der Waals surface area contributed by atoms with E-state index in [4.69, 9.17) is 4.55 Å². The maximum absolute atomic E-state index is 10.5. The third kappa shape index (κ3) is 6.31. The lowest BCUT2D eigenvalue weighted by atomic mass is 10.1. The van der Waals surface area contributed by atoms with E-state index >= 15 is 0 Å². The van der Waals surface area contributed by atoms with Gasteiger partial charge in [-0.2, -0.15) is 8.42 Å². The minimum absolute atomic E-state index is 0.157. The molecule has 0 aromatic heterocycles. The molecule has 0 aliphatic carbocycles. The first-order valence-electron chi connectivity index (χ1n) is 5.70. The Hall–Kier alpha value is 0.0900. The van der Waals surface area contributed by atoms with Crippen LogP contribution in [0.25, 0.3) is 0 Å². The van der Waals surface area contributed by atoms with Gasteiger partial charge < -0.3 is 0 Å². The number of benzene rings is 1. The molecule has 0 unspecified atom stereocenters. The molecule has 0 fully saturated rings. The minimum atomic E-state index is -3.82. The first-order chi connectivity index (χ1) is 8.31. The Morgan fingerprint density at radius 1 is 1.06 bits per heavy atom. The van der Waals surface area contributed by atoms with Crippen LogP contribution in [0.2, 0.25) is 0 Å². The summed E-state index contributed by atoms with van der Waals surface area (Å²) >= 11 is 7.26. The molecule has 0 bridgehead atoms. The smallest absolute Gasteiger partial charge is 0.264 e. The van der Waals surface area contributed by atoms with Crippen LogP contribution in [0.5, 0.6) is 0 Å². The standard InChI is InChI=1S/C12H16Br2O3S/c13-12(14,11-7-3-1-4-8-11)9-5-2-6-10-18(15,16)17/h1,3-4,7-8H,2,5-6,9-10H2,(H,15,16,17). The second-order valence-electron chi connectivity index (χ2n) is 4.17. The van der Waals surface area contributed by atoms with Crippen LogP contribution in [-0.2, 0) is 13.4 Å². The molecule has 0 heterocycles. The molecule has 0 aliphatic heterocycles. The minimum Gasteiger partial charge on any atom is -0.286 e. The molecule has 0 spiro atoms. The Bertz CT molecular complexity index is 457. The summed E-state index contributed by atoms with van der Waals surface area (Å²) in [5, 5.41) is 0. The number of unbranched alkanes of at least 4 members (excludes halogenated alkanes) is 2. The average molecular weight is 400 g/mol. The topological polar surface area (TPSA) is 54.4 Å². The van der Waals surface area contributed by atoms with Crippen LogP contribution in [0.15, 0.2) is 30.3 Å². The van der Waals surface area contributed by atoms with Gasteiger partial charge in [-0.05, 0) is 18.4 Å². The van der Waals surface area contributed by atoms with Gasteiger partial charge in [0.25, 0.3) is 10.1 Å². The predicted molar refractivity (Wildman–Crippen MR) is 80.9 cm³/mol. The van der Waals surface area contributed by atoms with Crippen molar-refractivity contribution in [3.05, 3.63) is 35.9 Å². The van der Waals surface area contributed by atoms with Crippen molar-refractivity contribution in [2.75, 3.05) is 5.75 Å². The van der Waals surface area contributed by atoms with E-state index in [1.165, 1.54) is 0 Å². The van der Waals surface area contributed by atoms with Gasteiger partial charge in [-0.15, -0.1) is 0 Å². The van der Waals surface area contributed by atoms with Crippen molar-refractivity contribution in [3.63, 3.8) is 0 Å². The van der Waals surface area contributed by atoms with E-state index in [-0.39, 0.29) is 8.99 Å². The van der Waals surface area contributed by atoms with Gasteiger partial charge in [-0.25, -0.2) is 0 Å². The van der Waals surface area contributed by atoms with Crippen LogP contribution in [0.1, 0.15) is 31.2 Å². The monoisotopic (exact) mass is 398 g/mol. The Morgan fingerprint density at radius 3 is 2.22 bits per heavy atom. The average Bonchev–Trinajstić information content (AvgIpc) is 2.28. The summed E-state index contributed by atoms with van der Waals surface area (Å²) in [6.07, 6.45) is 2.98. The first kappa shape index (κ1) is 16.1. The summed E-state index contributed by atoms with van der Waals surface area (Å²) in [6, 6.07) is 9.98. The maximum atomic E-state index is 10.5. The maximum Gasteiger partial charge on any atom is 0.264 e. The lowest BCUT2D eigenvalue weighted by Gasteiger charge is -2.20. The Morgan fingerprint density at radius 2 is 1.67 bits per heavy atom. The molecule has 0 atom stereocenters. The van der Waals surface area contributed by atoms with E-state index in [0.29, 0.717) is 6.42 Å². The van der Waals surface area contributed by atoms with E-state index < -0.39 is 10.1 Å². The zero-order chi connectivity index (χ0) is 13.6. The highest BCUT2D eigenvalue weighted by Crippen LogP contribution is 2.42. The van der Waals surface area contributed by atoms with Crippen LogP contribution in [0.3, 0.4) is 0 Å². The van der Waals surface area contributed by atoms with Crippen molar-refractivity contribution in [2.45, 2.75) is 28.9 Å². The van der Waals surface area contributed by atoms with Crippen LogP contribution in [0, 0.1) is 0 Å².